The van der Waals surface area contributed by atoms with Gasteiger partial charge in [-0.2, -0.15) is 0 Å². The van der Waals surface area contributed by atoms with Gasteiger partial charge in [0.05, 0.1) is 5.69 Å². The lowest BCUT2D eigenvalue weighted by Crippen LogP contribution is -2.36. The first-order valence-corrected chi connectivity index (χ1v) is 10.5. The quantitative estimate of drug-likeness (QED) is 0.564. The Morgan fingerprint density at radius 1 is 1.07 bits per heavy atom. The van der Waals surface area contributed by atoms with Crippen molar-refractivity contribution in [1.29, 1.82) is 0 Å². The second kappa shape index (κ2) is 8.02. The van der Waals surface area contributed by atoms with Crippen molar-refractivity contribution >= 4 is 22.6 Å². The van der Waals surface area contributed by atoms with Crippen molar-refractivity contribution in [2.24, 2.45) is 0 Å². The molecule has 27 heavy (non-hydrogen) atoms. The third-order valence-electron chi connectivity index (χ3n) is 5.37. The Labute approximate surface area is 173 Å². The van der Waals surface area contributed by atoms with Crippen LogP contribution >= 0.6 is 22.6 Å². The number of halogens is 1. The number of hydrogen-bond donors (Lipinski definition) is 1. The molecule has 5 heteroatoms. The Morgan fingerprint density at radius 3 is 2.52 bits per heavy atom. The smallest absolute Gasteiger partial charge is 0.309 e. The number of hydrogen-bond acceptors (Lipinski definition) is 2. The van der Waals surface area contributed by atoms with Crippen molar-refractivity contribution < 1.29 is 0 Å². The number of benzene rings is 2. The highest BCUT2D eigenvalue weighted by Gasteiger charge is 2.25. The summed E-state index contributed by atoms with van der Waals surface area (Å²) >= 11 is 2.37. The molecule has 1 aliphatic heterocycles. The van der Waals surface area contributed by atoms with Crippen molar-refractivity contribution in [3.63, 3.8) is 0 Å². The molecule has 0 saturated carbocycles. The zero-order valence-corrected chi connectivity index (χ0v) is 17.6. The SMILES string of the molecule is Cc1[nH]c(=O)n(C2CCN(Cc3cccc(I)c3)CC2)c1-c1ccccc1. The van der Waals surface area contributed by atoms with Gasteiger partial charge < -0.3 is 4.98 Å². The predicted octanol–water partition coefficient (Wildman–Crippen LogP) is 4.59. The summed E-state index contributed by atoms with van der Waals surface area (Å²) in [4.78, 5) is 18.2. The van der Waals surface area contributed by atoms with E-state index < -0.39 is 0 Å². The standard InChI is InChI=1S/C22H24IN3O/c1-16-21(18-7-3-2-4-8-18)26(22(27)24-16)20-10-12-25(13-11-20)15-17-6-5-9-19(23)14-17/h2-9,14,20H,10-13,15H2,1H3,(H,24,27). The summed E-state index contributed by atoms with van der Waals surface area (Å²) in [5, 5.41) is 0. The highest BCUT2D eigenvalue weighted by molar-refractivity contribution is 14.1. The topological polar surface area (TPSA) is 41.0 Å². The molecule has 1 saturated heterocycles. The fourth-order valence-electron chi connectivity index (χ4n) is 4.09. The van der Waals surface area contributed by atoms with E-state index in [2.05, 4.69) is 68.9 Å². The van der Waals surface area contributed by atoms with Crippen molar-refractivity contribution in [2.75, 3.05) is 13.1 Å². The Bertz CT molecular complexity index is 969. The van der Waals surface area contributed by atoms with Gasteiger partial charge in [-0.05, 0) is 60.1 Å². The van der Waals surface area contributed by atoms with E-state index in [1.807, 2.05) is 29.7 Å². The van der Waals surface area contributed by atoms with Gasteiger partial charge in [0.25, 0.3) is 0 Å². The van der Waals surface area contributed by atoms with Gasteiger partial charge in [0.2, 0.25) is 0 Å². The summed E-state index contributed by atoms with van der Waals surface area (Å²) in [6.07, 6.45) is 2.00. The summed E-state index contributed by atoms with van der Waals surface area (Å²) in [7, 11) is 0. The zero-order valence-electron chi connectivity index (χ0n) is 15.5. The second-order valence-corrected chi connectivity index (χ2v) is 8.52. The minimum Gasteiger partial charge on any atom is -0.309 e. The molecule has 3 aromatic rings. The number of aromatic nitrogens is 2. The molecule has 4 nitrogen and oxygen atoms in total. The van der Waals surface area contributed by atoms with Gasteiger partial charge in [0.15, 0.2) is 0 Å². The van der Waals surface area contributed by atoms with Crippen molar-refractivity contribution in [3.05, 3.63) is 79.9 Å². The third-order valence-corrected chi connectivity index (χ3v) is 6.05. The monoisotopic (exact) mass is 473 g/mol. The molecule has 1 fully saturated rings. The van der Waals surface area contributed by atoms with Crippen LogP contribution in [0.3, 0.4) is 0 Å². The maximum Gasteiger partial charge on any atom is 0.326 e. The number of aromatic amines is 1. The Morgan fingerprint density at radius 2 is 1.81 bits per heavy atom. The number of aryl methyl sites for hydroxylation is 1. The van der Waals surface area contributed by atoms with Crippen LogP contribution in [0.5, 0.6) is 0 Å². The van der Waals surface area contributed by atoms with Gasteiger partial charge in [-0.25, -0.2) is 4.79 Å². The van der Waals surface area contributed by atoms with E-state index >= 15 is 0 Å². The molecule has 0 unspecified atom stereocenters. The molecule has 2 heterocycles. The molecular weight excluding hydrogens is 449 g/mol. The molecule has 0 radical (unpaired) electrons. The first kappa shape index (κ1) is 18.5. The zero-order chi connectivity index (χ0) is 18.8. The lowest BCUT2D eigenvalue weighted by molar-refractivity contribution is 0.178. The number of nitrogens with zero attached hydrogens (tertiary/aromatic N) is 2. The maximum atomic E-state index is 12.6. The van der Waals surface area contributed by atoms with E-state index in [1.54, 1.807) is 0 Å². The largest absolute Gasteiger partial charge is 0.326 e. The van der Waals surface area contributed by atoms with Gasteiger partial charge in [-0.1, -0.05) is 42.5 Å². The summed E-state index contributed by atoms with van der Waals surface area (Å²) in [6, 6.07) is 19.2. The Balaban J connectivity index is 1.51. The van der Waals surface area contributed by atoms with Gasteiger partial charge in [-0.15, -0.1) is 0 Å². The number of likely N-dealkylation sites (tertiary alicyclic amines) is 1. The number of nitrogens with one attached hydrogen (secondary N) is 1. The Kier molecular flexibility index (Phi) is 5.50. The highest BCUT2D eigenvalue weighted by Crippen LogP contribution is 2.29. The molecule has 1 N–H and O–H groups in total. The summed E-state index contributed by atoms with van der Waals surface area (Å²) in [6.45, 7) is 5.00. The van der Waals surface area contributed by atoms with Crippen molar-refractivity contribution in [1.82, 2.24) is 14.5 Å². The molecule has 140 valence electrons. The van der Waals surface area contributed by atoms with E-state index in [0.717, 1.165) is 49.4 Å². The average Bonchev–Trinajstić information content (AvgIpc) is 2.97. The van der Waals surface area contributed by atoms with Crippen molar-refractivity contribution in [2.45, 2.75) is 32.4 Å². The van der Waals surface area contributed by atoms with Crippen LogP contribution in [0.15, 0.2) is 59.4 Å². The molecule has 0 bridgehead atoms. The minimum atomic E-state index is 0.0161. The first-order valence-electron chi connectivity index (χ1n) is 9.45. The van der Waals surface area contributed by atoms with Crippen LogP contribution in [-0.4, -0.2) is 27.5 Å². The van der Waals surface area contributed by atoms with Crippen molar-refractivity contribution in [3.8, 4) is 11.3 Å². The van der Waals surface area contributed by atoms with E-state index in [0.29, 0.717) is 0 Å². The molecule has 2 aromatic carbocycles. The van der Waals surface area contributed by atoms with Gasteiger partial charge >= 0.3 is 5.69 Å². The minimum absolute atomic E-state index is 0.0161. The van der Waals surface area contributed by atoms with E-state index in [4.69, 9.17) is 0 Å². The van der Waals surface area contributed by atoms with E-state index in [-0.39, 0.29) is 11.7 Å². The Hall–Kier alpha value is -1.86. The van der Waals surface area contributed by atoms with Crippen LogP contribution in [0.25, 0.3) is 11.3 Å². The van der Waals surface area contributed by atoms with Gasteiger partial charge in [0.1, 0.15) is 0 Å². The van der Waals surface area contributed by atoms with E-state index in [9.17, 15) is 4.79 Å². The average molecular weight is 473 g/mol. The van der Waals surface area contributed by atoms with Crippen LogP contribution in [-0.2, 0) is 6.54 Å². The molecule has 0 spiro atoms. The first-order chi connectivity index (χ1) is 13.1. The fraction of sp³-hybridized carbons (Fsp3) is 0.318. The fourth-order valence-corrected chi connectivity index (χ4v) is 4.70. The molecule has 0 amide bonds. The third kappa shape index (κ3) is 4.04. The summed E-state index contributed by atoms with van der Waals surface area (Å²) in [5.74, 6) is 0. The van der Waals surface area contributed by atoms with Crippen LogP contribution in [0.1, 0.15) is 30.1 Å². The van der Waals surface area contributed by atoms with Gasteiger partial charge in [-0.3, -0.25) is 9.47 Å². The predicted molar refractivity (Wildman–Crippen MR) is 118 cm³/mol. The number of H-pyrrole nitrogens is 1. The molecule has 1 aliphatic rings. The number of imidazole rings is 1. The van der Waals surface area contributed by atoms with Crippen LogP contribution in [0, 0.1) is 10.5 Å². The summed E-state index contributed by atoms with van der Waals surface area (Å²) in [5.41, 5.74) is 4.47. The molecule has 0 atom stereocenters. The highest BCUT2D eigenvalue weighted by atomic mass is 127. The molecular formula is C22H24IN3O. The summed E-state index contributed by atoms with van der Waals surface area (Å²) < 4.78 is 3.27. The maximum absolute atomic E-state index is 12.6. The van der Waals surface area contributed by atoms with Gasteiger partial charge in [0, 0.05) is 40.5 Å². The van der Waals surface area contributed by atoms with Crippen LogP contribution in [0.4, 0.5) is 0 Å². The second-order valence-electron chi connectivity index (χ2n) is 7.28. The van der Waals surface area contributed by atoms with Crippen LogP contribution in [0.2, 0.25) is 0 Å². The number of rotatable bonds is 4. The molecule has 1 aromatic heterocycles. The van der Waals surface area contributed by atoms with E-state index in [1.165, 1.54) is 9.13 Å². The lowest BCUT2D eigenvalue weighted by Gasteiger charge is -2.33. The van der Waals surface area contributed by atoms with Crippen LogP contribution < -0.4 is 5.69 Å². The number of piperidine rings is 1. The normalized spacial score (nSPS) is 15.9. The lowest BCUT2D eigenvalue weighted by atomic mass is 10.0. The molecule has 4 rings (SSSR count). The molecule has 0 aliphatic carbocycles.